The smallest absolute Gasteiger partial charge is 0.221 e. The molecule has 1 aromatic heterocycles. The Morgan fingerprint density at radius 2 is 1.86 bits per heavy atom. The van der Waals surface area contributed by atoms with Crippen LogP contribution in [0.3, 0.4) is 0 Å². The standard InChI is InChI=1S/C16H15N3O.C2H6/c1-10(20)18-14-4-2-3-11(7-14)15-8-12-5-6-13(17)9-16(12)19-15;1-2/h2-9,19H,17H2,1H3,(H,18,20);1-2H3. The normalized spacial score (nSPS) is 9.95. The van der Waals surface area contributed by atoms with Crippen LogP contribution in [0.2, 0.25) is 0 Å². The fourth-order valence-electron chi connectivity index (χ4n) is 2.27. The number of H-pyrrole nitrogens is 1. The summed E-state index contributed by atoms with van der Waals surface area (Å²) in [6, 6.07) is 15.6. The second-order valence-electron chi connectivity index (χ2n) is 4.79. The number of aromatic nitrogens is 1. The minimum Gasteiger partial charge on any atom is -0.399 e. The third-order valence-corrected chi connectivity index (χ3v) is 3.14. The monoisotopic (exact) mass is 295 g/mol. The number of rotatable bonds is 2. The molecular weight excluding hydrogens is 274 g/mol. The van der Waals surface area contributed by atoms with E-state index < -0.39 is 0 Å². The molecule has 3 rings (SSSR count). The molecule has 4 N–H and O–H groups in total. The lowest BCUT2D eigenvalue weighted by Gasteiger charge is -2.04. The van der Waals surface area contributed by atoms with Gasteiger partial charge in [0.05, 0.1) is 0 Å². The van der Waals surface area contributed by atoms with Crippen LogP contribution in [0.1, 0.15) is 20.8 Å². The highest BCUT2D eigenvalue weighted by molar-refractivity contribution is 5.91. The second kappa shape index (κ2) is 6.80. The Labute approximate surface area is 130 Å². The van der Waals surface area contributed by atoms with Gasteiger partial charge in [-0.15, -0.1) is 0 Å². The van der Waals surface area contributed by atoms with E-state index in [0.717, 1.165) is 33.5 Å². The molecule has 0 unspecified atom stereocenters. The lowest BCUT2D eigenvalue weighted by Crippen LogP contribution is -2.05. The molecular formula is C18H21N3O. The van der Waals surface area contributed by atoms with Gasteiger partial charge in [0.1, 0.15) is 0 Å². The van der Waals surface area contributed by atoms with Gasteiger partial charge in [0.2, 0.25) is 5.91 Å². The highest BCUT2D eigenvalue weighted by atomic mass is 16.1. The maximum atomic E-state index is 11.1. The Balaban J connectivity index is 0.000000847. The van der Waals surface area contributed by atoms with E-state index in [1.165, 1.54) is 6.92 Å². The van der Waals surface area contributed by atoms with Gasteiger partial charge in [0.15, 0.2) is 0 Å². The van der Waals surface area contributed by atoms with Crippen LogP contribution in [0.25, 0.3) is 22.2 Å². The lowest BCUT2D eigenvalue weighted by molar-refractivity contribution is -0.114. The van der Waals surface area contributed by atoms with E-state index in [2.05, 4.69) is 16.4 Å². The predicted molar refractivity (Wildman–Crippen MR) is 93.8 cm³/mol. The second-order valence-corrected chi connectivity index (χ2v) is 4.79. The van der Waals surface area contributed by atoms with Gasteiger partial charge in [0.25, 0.3) is 0 Å². The van der Waals surface area contributed by atoms with Gasteiger partial charge in [-0.1, -0.05) is 32.0 Å². The van der Waals surface area contributed by atoms with Gasteiger partial charge in [0, 0.05) is 40.5 Å². The molecule has 22 heavy (non-hydrogen) atoms. The molecule has 0 spiro atoms. The lowest BCUT2D eigenvalue weighted by atomic mass is 10.1. The van der Waals surface area contributed by atoms with Crippen LogP contribution < -0.4 is 11.1 Å². The number of nitrogens with two attached hydrogens (primary N) is 1. The number of hydrogen-bond acceptors (Lipinski definition) is 2. The molecule has 2 aromatic carbocycles. The molecule has 4 nitrogen and oxygen atoms in total. The van der Waals surface area contributed by atoms with Crippen molar-refractivity contribution in [2.75, 3.05) is 11.1 Å². The molecule has 0 aliphatic rings. The summed E-state index contributed by atoms with van der Waals surface area (Å²) in [5.74, 6) is -0.0772. The molecule has 0 bridgehead atoms. The van der Waals surface area contributed by atoms with E-state index in [0.29, 0.717) is 0 Å². The zero-order chi connectivity index (χ0) is 16.1. The predicted octanol–water partition coefficient (Wildman–Crippen LogP) is 4.40. The van der Waals surface area contributed by atoms with Crippen LogP contribution in [0.4, 0.5) is 11.4 Å². The number of fused-ring (bicyclic) bond motifs is 1. The summed E-state index contributed by atoms with van der Waals surface area (Å²) in [6.07, 6.45) is 0. The van der Waals surface area contributed by atoms with Crippen molar-refractivity contribution < 1.29 is 4.79 Å². The number of hydrogen-bond donors (Lipinski definition) is 3. The quantitative estimate of drug-likeness (QED) is 0.613. The van der Waals surface area contributed by atoms with Gasteiger partial charge in [-0.05, 0) is 30.3 Å². The maximum absolute atomic E-state index is 11.1. The average Bonchev–Trinajstić information content (AvgIpc) is 2.92. The van der Waals surface area contributed by atoms with Crippen LogP contribution in [0.5, 0.6) is 0 Å². The van der Waals surface area contributed by atoms with Crippen molar-refractivity contribution in [3.05, 3.63) is 48.5 Å². The fourth-order valence-corrected chi connectivity index (χ4v) is 2.27. The number of nitrogen functional groups attached to an aromatic ring is 1. The molecule has 0 fully saturated rings. The SMILES string of the molecule is CC.CC(=O)Nc1cccc(-c2cc3ccc(N)cc3[nH]2)c1. The molecule has 0 atom stereocenters. The number of carbonyl (C=O) groups excluding carboxylic acids is 1. The van der Waals surface area contributed by atoms with Crippen LogP contribution >= 0.6 is 0 Å². The summed E-state index contributed by atoms with van der Waals surface area (Å²) < 4.78 is 0. The van der Waals surface area contributed by atoms with Crippen LogP contribution in [-0.2, 0) is 4.79 Å². The van der Waals surface area contributed by atoms with Crippen molar-refractivity contribution >= 4 is 28.2 Å². The number of anilines is 2. The van der Waals surface area contributed by atoms with Crippen LogP contribution in [0, 0.1) is 0 Å². The number of nitrogens with one attached hydrogen (secondary N) is 2. The zero-order valence-corrected chi connectivity index (χ0v) is 13.1. The molecule has 1 amide bonds. The minimum absolute atomic E-state index is 0.0772. The largest absolute Gasteiger partial charge is 0.399 e. The summed E-state index contributed by atoms with van der Waals surface area (Å²) in [5, 5.41) is 3.90. The van der Waals surface area contributed by atoms with E-state index in [1.807, 2.05) is 56.3 Å². The van der Waals surface area contributed by atoms with Gasteiger partial charge in [-0.25, -0.2) is 0 Å². The average molecular weight is 295 g/mol. The highest BCUT2D eigenvalue weighted by Gasteiger charge is 2.05. The Kier molecular flexibility index (Phi) is 4.84. The maximum Gasteiger partial charge on any atom is 0.221 e. The summed E-state index contributed by atoms with van der Waals surface area (Å²) in [4.78, 5) is 14.4. The van der Waals surface area contributed by atoms with Gasteiger partial charge in [-0.2, -0.15) is 0 Å². The minimum atomic E-state index is -0.0772. The fraction of sp³-hybridized carbons (Fsp3) is 0.167. The molecule has 4 heteroatoms. The molecule has 114 valence electrons. The first kappa shape index (κ1) is 15.6. The molecule has 0 aliphatic carbocycles. The first-order valence-corrected chi connectivity index (χ1v) is 7.38. The summed E-state index contributed by atoms with van der Waals surface area (Å²) in [6.45, 7) is 5.50. The summed E-state index contributed by atoms with van der Waals surface area (Å²) in [7, 11) is 0. The summed E-state index contributed by atoms with van der Waals surface area (Å²) >= 11 is 0. The zero-order valence-electron chi connectivity index (χ0n) is 13.1. The Morgan fingerprint density at radius 3 is 2.59 bits per heavy atom. The topological polar surface area (TPSA) is 70.9 Å². The van der Waals surface area contributed by atoms with E-state index >= 15 is 0 Å². The highest BCUT2D eigenvalue weighted by Crippen LogP contribution is 2.27. The van der Waals surface area contributed by atoms with Crippen molar-refractivity contribution in [2.45, 2.75) is 20.8 Å². The van der Waals surface area contributed by atoms with E-state index in [9.17, 15) is 4.79 Å². The van der Waals surface area contributed by atoms with E-state index in [4.69, 9.17) is 5.73 Å². The van der Waals surface area contributed by atoms with Crippen molar-refractivity contribution in [1.82, 2.24) is 4.98 Å². The van der Waals surface area contributed by atoms with Gasteiger partial charge >= 0.3 is 0 Å². The molecule has 0 aliphatic heterocycles. The Morgan fingerprint density at radius 1 is 1.09 bits per heavy atom. The van der Waals surface area contributed by atoms with Crippen LogP contribution in [0.15, 0.2) is 48.5 Å². The van der Waals surface area contributed by atoms with Gasteiger partial charge < -0.3 is 16.0 Å². The third-order valence-electron chi connectivity index (χ3n) is 3.14. The molecule has 0 saturated heterocycles. The number of aromatic amines is 1. The first-order chi connectivity index (χ1) is 10.6. The molecule has 0 saturated carbocycles. The van der Waals surface area contributed by atoms with Crippen molar-refractivity contribution in [1.29, 1.82) is 0 Å². The molecule has 0 radical (unpaired) electrons. The van der Waals surface area contributed by atoms with E-state index in [1.54, 1.807) is 0 Å². The van der Waals surface area contributed by atoms with Crippen molar-refractivity contribution in [2.24, 2.45) is 0 Å². The Hall–Kier alpha value is -2.75. The molecule has 3 aromatic rings. The number of benzene rings is 2. The van der Waals surface area contributed by atoms with Crippen LogP contribution in [-0.4, -0.2) is 10.9 Å². The van der Waals surface area contributed by atoms with E-state index in [-0.39, 0.29) is 5.91 Å². The summed E-state index contributed by atoms with van der Waals surface area (Å²) in [5.41, 5.74) is 10.3. The molecule has 1 heterocycles. The number of carbonyl (C=O) groups is 1. The van der Waals surface area contributed by atoms with Crippen molar-refractivity contribution in [3.63, 3.8) is 0 Å². The van der Waals surface area contributed by atoms with Crippen molar-refractivity contribution in [3.8, 4) is 11.3 Å². The van der Waals surface area contributed by atoms with Gasteiger partial charge in [-0.3, -0.25) is 4.79 Å². The first-order valence-electron chi connectivity index (χ1n) is 7.38. The number of amides is 1. The Bertz CT molecular complexity index is 790. The third kappa shape index (κ3) is 3.47.